The van der Waals surface area contributed by atoms with Gasteiger partial charge in [0.25, 0.3) is 0 Å². The smallest absolute Gasteiger partial charge is 0.176 e. The first-order valence-electron chi connectivity index (χ1n) is 8.04. The molecule has 7 heteroatoms. The molecule has 0 spiro atoms. The third-order valence-electron chi connectivity index (χ3n) is 3.77. The monoisotopic (exact) mass is 386 g/mol. The molecule has 0 atom stereocenters. The summed E-state index contributed by atoms with van der Waals surface area (Å²) in [4.78, 5) is 0. The average molecular weight is 387 g/mol. The predicted molar refractivity (Wildman–Crippen MR) is 110 cm³/mol. The lowest BCUT2D eigenvalue weighted by Gasteiger charge is -2.09. The number of aromatic nitrogens is 2. The Morgan fingerprint density at radius 2 is 1.96 bits per heavy atom. The Hall–Kier alpha value is -2.57. The summed E-state index contributed by atoms with van der Waals surface area (Å²) in [6, 6.07) is 17.3. The number of anilines is 2. The van der Waals surface area contributed by atoms with E-state index < -0.39 is 0 Å². The van der Waals surface area contributed by atoms with Crippen LogP contribution in [-0.2, 0) is 6.54 Å². The van der Waals surface area contributed by atoms with Crippen molar-refractivity contribution < 1.29 is 4.74 Å². The Balaban J connectivity index is 1.65. The minimum Gasteiger partial charge on any atom is -0.497 e. The quantitative estimate of drug-likeness (QED) is 0.622. The third-order valence-corrected chi connectivity index (χ3v) is 4.21. The van der Waals surface area contributed by atoms with Gasteiger partial charge in [-0.25, -0.2) is 0 Å². The number of benzene rings is 2. The van der Waals surface area contributed by atoms with Crippen LogP contribution in [0.15, 0.2) is 54.6 Å². The van der Waals surface area contributed by atoms with Crippen molar-refractivity contribution in [3.8, 4) is 5.75 Å². The topological polar surface area (TPSA) is 51.1 Å². The Kier molecular flexibility index (Phi) is 5.75. The number of ether oxygens (including phenoxy) is 1. The van der Waals surface area contributed by atoms with Gasteiger partial charge < -0.3 is 15.4 Å². The van der Waals surface area contributed by atoms with Gasteiger partial charge in [0.2, 0.25) is 0 Å². The summed E-state index contributed by atoms with van der Waals surface area (Å²) in [6.45, 7) is 2.64. The summed E-state index contributed by atoms with van der Waals surface area (Å²) in [6.07, 6.45) is 0. The summed E-state index contributed by atoms with van der Waals surface area (Å²) < 4.78 is 7.11. The maximum atomic E-state index is 6.05. The van der Waals surface area contributed by atoms with E-state index in [0.29, 0.717) is 22.5 Å². The zero-order valence-electron chi connectivity index (χ0n) is 14.5. The normalized spacial score (nSPS) is 10.4. The van der Waals surface area contributed by atoms with Gasteiger partial charge in [-0.05, 0) is 49.0 Å². The molecule has 0 fully saturated rings. The fourth-order valence-corrected chi connectivity index (χ4v) is 2.95. The molecule has 0 aliphatic heterocycles. The lowest BCUT2D eigenvalue weighted by atomic mass is 10.2. The second kappa shape index (κ2) is 8.21. The van der Waals surface area contributed by atoms with E-state index in [-0.39, 0.29) is 0 Å². The van der Waals surface area contributed by atoms with Crippen LogP contribution in [0.25, 0.3) is 0 Å². The van der Waals surface area contributed by atoms with E-state index in [1.165, 1.54) is 0 Å². The Morgan fingerprint density at radius 3 is 2.73 bits per heavy atom. The van der Waals surface area contributed by atoms with E-state index in [1.807, 2.05) is 66.2 Å². The number of nitrogens with zero attached hydrogens (tertiary/aromatic N) is 2. The highest BCUT2D eigenvalue weighted by atomic mass is 35.5. The molecule has 0 aliphatic carbocycles. The minimum atomic E-state index is 0.464. The number of aryl methyl sites for hydroxylation is 1. The Morgan fingerprint density at radius 1 is 1.15 bits per heavy atom. The Bertz CT molecular complexity index is 925. The van der Waals surface area contributed by atoms with Crippen LogP contribution in [0.4, 0.5) is 11.5 Å². The molecule has 2 aromatic carbocycles. The standard InChI is InChI=1S/C19H19ClN4OS/c1-13-9-18(23-24(13)12-14-5-3-6-15(20)10-14)22-19(26)21-16-7-4-8-17(11-16)25-2/h3-11H,12H2,1-2H3,(H2,21,22,23,26). The van der Waals surface area contributed by atoms with Crippen LogP contribution in [0, 0.1) is 6.92 Å². The summed E-state index contributed by atoms with van der Waals surface area (Å²) in [5.74, 6) is 1.45. The molecule has 0 unspecified atom stereocenters. The number of thiocarbonyl (C=S) groups is 1. The van der Waals surface area contributed by atoms with Crippen LogP contribution in [-0.4, -0.2) is 22.0 Å². The molecular weight excluding hydrogens is 368 g/mol. The van der Waals surface area contributed by atoms with Gasteiger partial charge in [0, 0.05) is 28.5 Å². The van der Waals surface area contributed by atoms with Crippen LogP contribution in [0.2, 0.25) is 5.02 Å². The molecule has 0 saturated heterocycles. The molecule has 3 aromatic rings. The van der Waals surface area contributed by atoms with Crippen molar-refractivity contribution in [2.45, 2.75) is 13.5 Å². The van der Waals surface area contributed by atoms with Gasteiger partial charge in [0.05, 0.1) is 13.7 Å². The fourth-order valence-electron chi connectivity index (χ4n) is 2.52. The minimum absolute atomic E-state index is 0.464. The van der Waals surface area contributed by atoms with Crippen molar-refractivity contribution in [1.82, 2.24) is 9.78 Å². The molecular formula is C19H19ClN4OS. The second-order valence-electron chi connectivity index (χ2n) is 5.77. The van der Waals surface area contributed by atoms with E-state index in [0.717, 1.165) is 22.7 Å². The van der Waals surface area contributed by atoms with E-state index in [4.69, 9.17) is 28.6 Å². The molecule has 0 amide bonds. The van der Waals surface area contributed by atoms with Crippen molar-refractivity contribution in [2.75, 3.05) is 17.7 Å². The summed E-state index contributed by atoms with van der Waals surface area (Å²) >= 11 is 11.4. The van der Waals surface area contributed by atoms with Crippen LogP contribution < -0.4 is 15.4 Å². The zero-order chi connectivity index (χ0) is 18.5. The largest absolute Gasteiger partial charge is 0.497 e. The highest BCUT2D eigenvalue weighted by Crippen LogP contribution is 2.18. The van der Waals surface area contributed by atoms with Gasteiger partial charge in [-0.2, -0.15) is 5.10 Å². The van der Waals surface area contributed by atoms with E-state index >= 15 is 0 Å². The molecule has 0 saturated carbocycles. The van der Waals surface area contributed by atoms with Gasteiger partial charge in [-0.3, -0.25) is 4.68 Å². The van der Waals surface area contributed by atoms with Crippen LogP contribution in [0.5, 0.6) is 5.75 Å². The molecule has 3 rings (SSSR count). The molecule has 5 nitrogen and oxygen atoms in total. The lowest BCUT2D eigenvalue weighted by Crippen LogP contribution is -2.19. The average Bonchev–Trinajstić information content (AvgIpc) is 2.94. The molecule has 1 heterocycles. The molecule has 0 radical (unpaired) electrons. The van der Waals surface area contributed by atoms with Crippen LogP contribution in [0.3, 0.4) is 0 Å². The first kappa shape index (κ1) is 18.2. The second-order valence-corrected chi connectivity index (χ2v) is 6.61. The zero-order valence-corrected chi connectivity index (χ0v) is 16.1. The van der Waals surface area contributed by atoms with Crippen LogP contribution in [0.1, 0.15) is 11.3 Å². The number of nitrogens with one attached hydrogen (secondary N) is 2. The van der Waals surface area contributed by atoms with Crippen molar-refractivity contribution in [3.05, 3.63) is 70.9 Å². The summed E-state index contributed by atoms with van der Waals surface area (Å²) in [5.41, 5.74) is 2.96. The van der Waals surface area contributed by atoms with Crippen molar-refractivity contribution in [2.24, 2.45) is 0 Å². The van der Waals surface area contributed by atoms with Gasteiger partial charge >= 0.3 is 0 Å². The number of hydrogen-bond donors (Lipinski definition) is 2. The summed E-state index contributed by atoms with van der Waals surface area (Å²) in [7, 11) is 1.63. The molecule has 0 bridgehead atoms. The molecule has 134 valence electrons. The number of halogens is 1. The van der Waals surface area contributed by atoms with E-state index in [2.05, 4.69) is 15.7 Å². The van der Waals surface area contributed by atoms with Crippen molar-refractivity contribution >= 4 is 40.4 Å². The first-order chi connectivity index (χ1) is 12.5. The summed E-state index contributed by atoms with van der Waals surface area (Å²) in [5, 5.41) is 12.0. The van der Waals surface area contributed by atoms with Crippen molar-refractivity contribution in [1.29, 1.82) is 0 Å². The Labute approximate surface area is 162 Å². The number of rotatable bonds is 5. The number of methoxy groups -OCH3 is 1. The van der Waals surface area contributed by atoms with Gasteiger partial charge in [0.15, 0.2) is 10.9 Å². The maximum Gasteiger partial charge on any atom is 0.176 e. The van der Waals surface area contributed by atoms with E-state index in [1.54, 1.807) is 7.11 Å². The van der Waals surface area contributed by atoms with Gasteiger partial charge in [0.1, 0.15) is 5.75 Å². The molecule has 1 aromatic heterocycles. The van der Waals surface area contributed by atoms with Crippen molar-refractivity contribution in [3.63, 3.8) is 0 Å². The third kappa shape index (κ3) is 4.74. The number of hydrogen-bond acceptors (Lipinski definition) is 3. The highest BCUT2D eigenvalue weighted by Gasteiger charge is 2.07. The molecule has 2 N–H and O–H groups in total. The van der Waals surface area contributed by atoms with Gasteiger partial charge in [-0.15, -0.1) is 0 Å². The molecule has 26 heavy (non-hydrogen) atoms. The first-order valence-corrected chi connectivity index (χ1v) is 8.83. The van der Waals surface area contributed by atoms with Crippen LogP contribution >= 0.6 is 23.8 Å². The highest BCUT2D eigenvalue weighted by molar-refractivity contribution is 7.80. The maximum absolute atomic E-state index is 6.05. The molecule has 0 aliphatic rings. The fraction of sp³-hybridized carbons (Fsp3) is 0.158. The predicted octanol–water partition coefficient (Wildman–Crippen LogP) is 4.71. The lowest BCUT2D eigenvalue weighted by molar-refractivity contribution is 0.415. The van der Waals surface area contributed by atoms with Gasteiger partial charge in [-0.1, -0.05) is 29.8 Å². The van der Waals surface area contributed by atoms with E-state index in [9.17, 15) is 0 Å². The SMILES string of the molecule is COc1cccc(NC(=S)Nc2cc(C)n(Cc3cccc(Cl)c3)n2)c1.